The van der Waals surface area contributed by atoms with Crippen LogP contribution in [0.1, 0.15) is 10.5 Å². The van der Waals surface area contributed by atoms with Crippen molar-refractivity contribution in [2.75, 3.05) is 11.9 Å². The maximum atomic E-state index is 14.1. The summed E-state index contributed by atoms with van der Waals surface area (Å²) in [5.74, 6) is -1.87. The van der Waals surface area contributed by atoms with E-state index in [0.29, 0.717) is 30.0 Å². The van der Waals surface area contributed by atoms with E-state index in [4.69, 9.17) is 0 Å². The van der Waals surface area contributed by atoms with Crippen LogP contribution in [0, 0.1) is 5.82 Å². The zero-order valence-electron chi connectivity index (χ0n) is 14.5. The summed E-state index contributed by atoms with van der Waals surface area (Å²) in [7, 11) is 0. The molecule has 0 radical (unpaired) electrons. The molecule has 0 saturated heterocycles. The largest absolute Gasteiger partial charge is 0.429 e. The highest BCUT2D eigenvalue weighted by molar-refractivity contribution is 6.04. The quantitative estimate of drug-likeness (QED) is 0.698. The van der Waals surface area contributed by atoms with Crippen molar-refractivity contribution in [3.63, 3.8) is 0 Å². The number of para-hydroxylation sites is 1. The number of halogens is 3. The summed E-state index contributed by atoms with van der Waals surface area (Å²) < 4.78 is 45.7. The lowest BCUT2D eigenvalue weighted by Crippen LogP contribution is -2.35. The van der Waals surface area contributed by atoms with E-state index in [1.54, 1.807) is 35.3 Å². The molecule has 0 bridgehead atoms. The topological polar surface area (TPSA) is 68.2 Å². The minimum Gasteiger partial charge on any atom is -0.429 e. The Morgan fingerprint density at radius 1 is 1.21 bits per heavy atom. The van der Waals surface area contributed by atoms with Gasteiger partial charge in [0, 0.05) is 37.2 Å². The smallest absolute Gasteiger partial charge is 0.387 e. The van der Waals surface area contributed by atoms with Crippen LogP contribution in [0.15, 0.2) is 48.9 Å². The van der Waals surface area contributed by atoms with Crippen molar-refractivity contribution in [1.29, 1.82) is 0 Å². The number of hydrogen-bond donors (Lipinski definition) is 2. The van der Waals surface area contributed by atoms with Crippen LogP contribution in [-0.4, -0.2) is 28.6 Å². The van der Waals surface area contributed by atoms with E-state index in [-0.39, 0.29) is 11.6 Å². The average molecular weight is 388 g/mol. The Morgan fingerprint density at radius 3 is 2.75 bits per heavy atom. The fourth-order valence-corrected chi connectivity index (χ4v) is 3.18. The number of benzene rings is 1. The number of alkyl halides is 2. The molecule has 1 aromatic carbocycles. The molecule has 0 fully saturated rings. The molecule has 4 rings (SSSR count). The minimum atomic E-state index is -3.19. The van der Waals surface area contributed by atoms with E-state index in [9.17, 15) is 18.0 Å². The van der Waals surface area contributed by atoms with Gasteiger partial charge in [0.15, 0.2) is 11.6 Å². The summed E-state index contributed by atoms with van der Waals surface area (Å²) in [6.45, 7) is -2.18. The summed E-state index contributed by atoms with van der Waals surface area (Å²) in [6.07, 6.45) is 4.99. The number of aromatic nitrogens is 2. The first-order chi connectivity index (χ1) is 13.5. The Balaban J connectivity index is 1.85. The molecular formula is C19H15F3N4O2. The van der Waals surface area contributed by atoms with E-state index in [1.165, 1.54) is 12.1 Å². The molecular weight excluding hydrogens is 373 g/mol. The van der Waals surface area contributed by atoms with Gasteiger partial charge in [-0.25, -0.2) is 4.39 Å². The first-order valence-electron chi connectivity index (χ1n) is 8.46. The van der Waals surface area contributed by atoms with E-state index < -0.39 is 18.2 Å². The molecule has 28 heavy (non-hydrogen) atoms. The monoisotopic (exact) mass is 388 g/mol. The van der Waals surface area contributed by atoms with Crippen molar-refractivity contribution < 1.29 is 22.7 Å². The number of fused-ring (bicyclic) bond motifs is 1. The normalized spacial score (nSPS) is 13.2. The van der Waals surface area contributed by atoms with E-state index in [2.05, 4.69) is 20.4 Å². The van der Waals surface area contributed by atoms with Crippen molar-refractivity contribution in [3.05, 3.63) is 60.4 Å². The predicted molar refractivity (Wildman–Crippen MR) is 96.3 cm³/mol. The second-order valence-electron chi connectivity index (χ2n) is 6.07. The molecule has 0 aliphatic carbocycles. The summed E-state index contributed by atoms with van der Waals surface area (Å²) >= 11 is 0. The zero-order chi connectivity index (χ0) is 19.7. The highest BCUT2D eigenvalue weighted by Gasteiger charge is 2.27. The van der Waals surface area contributed by atoms with E-state index >= 15 is 0 Å². The Bertz CT molecular complexity index is 1020. The van der Waals surface area contributed by atoms with Gasteiger partial charge in [-0.3, -0.25) is 9.78 Å². The first kappa shape index (κ1) is 17.9. The third-order valence-electron chi connectivity index (χ3n) is 4.36. The van der Waals surface area contributed by atoms with Crippen LogP contribution in [0.4, 0.5) is 24.5 Å². The van der Waals surface area contributed by atoms with Gasteiger partial charge in [-0.15, -0.1) is 0 Å². The molecule has 3 heterocycles. The molecule has 6 nitrogen and oxygen atoms in total. The van der Waals surface area contributed by atoms with Crippen LogP contribution >= 0.6 is 0 Å². The lowest BCUT2D eigenvalue weighted by atomic mass is 10.1. The van der Waals surface area contributed by atoms with Crippen LogP contribution in [0.3, 0.4) is 0 Å². The van der Waals surface area contributed by atoms with Gasteiger partial charge < -0.3 is 19.9 Å². The Hall–Kier alpha value is -3.49. The van der Waals surface area contributed by atoms with Crippen LogP contribution in [-0.2, 0) is 6.54 Å². The molecule has 0 unspecified atom stereocenters. The molecule has 1 amide bonds. The maximum Gasteiger partial charge on any atom is 0.387 e. The summed E-state index contributed by atoms with van der Waals surface area (Å²) in [5.41, 5.74) is 2.10. The van der Waals surface area contributed by atoms with Gasteiger partial charge >= 0.3 is 6.61 Å². The highest BCUT2D eigenvalue weighted by atomic mass is 19.3. The third-order valence-corrected chi connectivity index (χ3v) is 4.36. The summed E-state index contributed by atoms with van der Waals surface area (Å²) in [4.78, 5) is 16.4. The molecule has 0 atom stereocenters. The molecule has 0 saturated carbocycles. The van der Waals surface area contributed by atoms with Gasteiger partial charge in [-0.05, 0) is 29.8 Å². The molecule has 2 aromatic heterocycles. The maximum absolute atomic E-state index is 14.1. The average Bonchev–Trinajstić information content (AvgIpc) is 3.05. The predicted octanol–water partition coefficient (Wildman–Crippen LogP) is 3.78. The number of ether oxygens (including phenoxy) is 1. The van der Waals surface area contributed by atoms with Crippen LogP contribution in [0.2, 0.25) is 0 Å². The van der Waals surface area contributed by atoms with Gasteiger partial charge in [0.25, 0.3) is 5.91 Å². The van der Waals surface area contributed by atoms with E-state index in [0.717, 1.165) is 11.6 Å². The van der Waals surface area contributed by atoms with Crippen molar-refractivity contribution in [2.45, 2.75) is 13.2 Å². The van der Waals surface area contributed by atoms with E-state index in [1.807, 2.05) is 0 Å². The number of nitrogens with zero attached hydrogens (tertiary/aromatic N) is 2. The van der Waals surface area contributed by atoms with Crippen LogP contribution in [0.5, 0.6) is 5.75 Å². The number of amides is 1. The lowest BCUT2D eigenvalue weighted by Gasteiger charge is -2.19. The van der Waals surface area contributed by atoms with Gasteiger partial charge in [0.05, 0.1) is 11.4 Å². The van der Waals surface area contributed by atoms with Crippen molar-refractivity contribution >= 4 is 17.3 Å². The molecule has 9 heteroatoms. The van der Waals surface area contributed by atoms with Crippen LogP contribution < -0.4 is 15.4 Å². The SMILES string of the molecule is O=C1NCCn2cc(-c3ccncc3)c(Nc3cccc(F)c3OC(F)F)c21. The molecule has 144 valence electrons. The van der Waals surface area contributed by atoms with Crippen molar-refractivity contribution in [2.24, 2.45) is 0 Å². The number of carbonyl (C=O) groups excluding carboxylic acids is 1. The molecule has 1 aliphatic heterocycles. The first-order valence-corrected chi connectivity index (χ1v) is 8.46. The van der Waals surface area contributed by atoms with Crippen molar-refractivity contribution in [1.82, 2.24) is 14.9 Å². The second kappa shape index (κ2) is 7.26. The summed E-state index contributed by atoms with van der Waals surface area (Å²) in [5, 5.41) is 5.67. The van der Waals surface area contributed by atoms with Gasteiger partial charge in [-0.1, -0.05) is 6.07 Å². The van der Waals surface area contributed by atoms with Crippen molar-refractivity contribution in [3.8, 4) is 16.9 Å². The number of rotatable bonds is 5. The third kappa shape index (κ3) is 3.26. The molecule has 3 aromatic rings. The summed E-state index contributed by atoms with van der Waals surface area (Å²) in [6, 6.07) is 7.31. The Morgan fingerprint density at radius 2 is 2.00 bits per heavy atom. The highest BCUT2D eigenvalue weighted by Crippen LogP contribution is 2.39. The Kier molecular flexibility index (Phi) is 4.64. The lowest BCUT2D eigenvalue weighted by molar-refractivity contribution is -0.0516. The minimum absolute atomic E-state index is 0.0111. The number of pyridine rings is 1. The number of carbonyl (C=O) groups is 1. The zero-order valence-corrected chi connectivity index (χ0v) is 14.5. The standard InChI is InChI=1S/C19H15F3N4O2/c20-13-2-1-3-14(17(13)28-19(21)22)25-15-12(11-4-6-23-7-5-11)10-26-9-8-24-18(27)16(15)26/h1-7,10,19,25H,8-9H2,(H,24,27). The fourth-order valence-electron chi connectivity index (χ4n) is 3.18. The van der Waals surface area contributed by atoms with Gasteiger partial charge in [0.1, 0.15) is 5.69 Å². The number of hydrogen-bond acceptors (Lipinski definition) is 4. The molecule has 0 spiro atoms. The second-order valence-corrected chi connectivity index (χ2v) is 6.07. The molecule has 1 aliphatic rings. The Labute approximate surface area is 158 Å². The fraction of sp³-hybridized carbons (Fsp3) is 0.158. The number of nitrogens with one attached hydrogen (secondary N) is 2. The number of anilines is 2. The van der Waals surface area contributed by atoms with Gasteiger partial charge in [-0.2, -0.15) is 8.78 Å². The molecule has 2 N–H and O–H groups in total. The van der Waals surface area contributed by atoms with Crippen LogP contribution in [0.25, 0.3) is 11.1 Å². The van der Waals surface area contributed by atoms with Gasteiger partial charge in [0.2, 0.25) is 0 Å².